The Morgan fingerprint density at radius 3 is 2.63 bits per heavy atom. The minimum Gasteiger partial charge on any atom is -0.384 e. The predicted molar refractivity (Wildman–Crippen MR) is 85.2 cm³/mol. The first-order valence-corrected chi connectivity index (χ1v) is 7.20. The van der Waals surface area contributed by atoms with Crippen LogP contribution in [0.1, 0.15) is 18.9 Å². The zero-order valence-electron chi connectivity index (χ0n) is 11.2. The largest absolute Gasteiger partial charge is 0.384 e. The molecule has 0 aliphatic carbocycles. The monoisotopic (exact) mass is 319 g/mol. The van der Waals surface area contributed by atoms with Crippen LogP contribution in [0.25, 0.3) is 0 Å². The summed E-state index contributed by atoms with van der Waals surface area (Å²) in [5.41, 5.74) is 4.30. The van der Waals surface area contributed by atoms with Crippen LogP contribution in [0.4, 0.5) is 17.1 Å². The summed E-state index contributed by atoms with van der Waals surface area (Å²) in [6.07, 6.45) is 4.77. The number of benzene rings is 1. The van der Waals surface area contributed by atoms with E-state index in [1.165, 1.54) is 5.56 Å². The average molecular weight is 320 g/mol. The van der Waals surface area contributed by atoms with Gasteiger partial charge in [-0.25, -0.2) is 0 Å². The predicted octanol–water partition coefficient (Wildman–Crippen LogP) is 4.72. The number of pyridine rings is 1. The van der Waals surface area contributed by atoms with E-state index >= 15 is 0 Å². The Bertz CT molecular complexity index is 555. The van der Waals surface area contributed by atoms with Crippen molar-refractivity contribution in [1.29, 1.82) is 0 Å². The number of anilines is 3. The summed E-state index contributed by atoms with van der Waals surface area (Å²) >= 11 is 3.50. The molecule has 0 spiro atoms. The summed E-state index contributed by atoms with van der Waals surface area (Å²) in [5, 5.41) is 6.70. The molecule has 0 aliphatic heterocycles. The zero-order valence-corrected chi connectivity index (χ0v) is 12.8. The molecule has 1 aromatic heterocycles. The van der Waals surface area contributed by atoms with Gasteiger partial charge in [0.05, 0.1) is 23.8 Å². The Morgan fingerprint density at radius 1 is 1.11 bits per heavy atom. The highest BCUT2D eigenvalue weighted by Gasteiger charge is 2.00. The van der Waals surface area contributed by atoms with E-state index in [4.69, 9.17) is 0 Å². The van der Waals surface area contributed by atoms with Gasteiger partial charge in [0.25, 0.3) is 0 Å². The van der Waals surface area contributed by atoms with E-state index in [0.29, 0.717) is 0 Å². The maximum absolute atomic E-state index is 4.24. The Labute approximate surface area is 122 Å². The van der Waals surface area contributed by atoms with Gasteiger partial charge in [-0.3, -0.25) is 4.98 Å². The normalized spacial score (nSPS) is 10.3. The van der Waals surface area contributed by atoms with Crippen molar-refractivity contribution in [3.8, 4) is 0 Å². The van der Waals surface area contributed by atoms with Crippen LogP contribution in [0, 0.1) is 6.92 Å². The minimum atomic E-state index is 0.961. The first kappa shape index (κ1) is 13.9. The number of nitrogens with zero attached hydrogens (tertiary/aromatic N) is 1. The van der Waals surface area contributed by atoms with Gasteiger partial charge in [-0.2, -0.15) is 0 Å². The molecule has 0 saturated heterocycles. The molecule has 2 rings (SSSR count). The Kier molecular flexibility index (Phi) is 4.80. The maximum Gasteiger partial charge on any atom is 0.0591 e. The van der Waals surface area contributed by atoms with Gasteiger partial charge in [-0.15, -0.1) is 0 Å². The quantitative estimate of drug-likeness (QED) is 0.837. The highest BCUT2D eigenvalue weighted by Crippen LogP contribution is 2.23. The van der Waals surface area contributed by atoms with E-state index in [-0.39, 0.29) is 0 Å². The first-order valence-electron chi connectivity index (χ1n) is 6.41. The molecular formula is C15H18BrN3. The molecule has 0 unspecified atom stereocenters. The van der Waals surface area contributed by atoms with Gasteiger partial charge >= 0.3 is 0 Å². The fourth-order valence-electron chi connectivity index (χ4n) is 1.76. The average Bonchev–Trinajstić information content (AvgIpc) is 2.41. The van der Waals surface area contributed by atoms with E-state index < -0.39 is 0 Å². The number of aromatic nitrogens is 1. The molecule has 2 aromatic rings. The maximum atomic E-state index is 4.24. The molecule has 4 heteroatoms. The van der Waals surface area contributed by atoms with Gasteiger partial charge in [0.2, 0.25) is 0 Å². The summed E-state index contributed by atoms with van der Waals surface area (Å²) in [7, 11) is 0. The van der Waals surface area contributed by atoms with E-state index in [9.17, 15) is 0 Å². The molecule has 0 bridgehead atoms. The lowest BCUT2D eigenvalue weighted by molar-refractivity contribution is 0.978. The van der Waals surface area contributed by atoms with Crippen LogP contribution in [0.2, 0.25) is 0 Å². The number of nitrogens with one attached hydrogen (secondary N) is 2. The molecule has 19 heavy (non-hydrogen) atoms. The van der Waals surface area contributed by atoms with Crippen LogP contribution in [0.3, 0.4) is 0 Å². The lowest BCUT2D eigenvalue weighted by Gasteiger charge is -2.10. The van der Waals surface area contributed by atoms with Crippen LogP contribution in [0.5, 0.6) is 0 Å². The van der Waals surface area contributed by atoms with Crippen LogP contribution in [-0.4, -0.2) is 11.5 Å². The van der Waals surface area contributed by atoms with Crippen molar-refractivity contribution in [2.45, 2.75) is 20.3 Å². The van der Waals surface area contributed by atoms with Gasteiger partial charge in [-0.1, -0.05) is 22.9 Å². The van der Waals surface area contributed by atoms with Crippen LogP contribution < -0.4 is 10.6 Å². The number of hydrogen-bond donors (Lipinski definition) is 2. The third-order valence-corrected chi connectivity index (χ3v) is 3.65. The summed E-state index contributed by atoms with van der Waals surface area (Å²) in [5.74, 6) is 0. The minimum absolute atomic E-state index is 0.961. The van der Waals surface area contributed by atoms with Crippen molar-refractivity contribution in [3.05, 3.63) is 46.7 Å². The number of halogens is 1. The molecule has 0 amide bonds. The molecule has 1 aromatic carbocycles. The molecule has 0 atom stereocenters. The van der Waals surface area contributed by atoms with Gasteiger partial charge in [0.1, 0.15) is 0 Å². The molecule has 3 nitrogen and oxygen atoms in total. The topological polar surface area (TPSA) is 37.0 Å². The molecule has 0 saturated carbocycles. The summed E-state index contributed by atoms with van der Waals surface area (Å²) < 4.78 is 1.12. The van der Waals surface area contributed by atoms with E-state index in [2.05, 4.69) is 57.5 Å². The van der Waals surface area contributed by atoms with E-state index in [1.54, 1.807) is 0 Å². The third-order valence-electron chi connectivity index (χ3n) is 2.76. The molecule has 100 valence electrons. The van der Waals surface area contributed by atoms with Gasteiger partial charge in [0.15, 0.2) is 0 Å². The van der Waals surface area contributed by atoms with Gasteiger partial charge < -0.3 is 10.6 Å². The highest BCUT2D eigenvalue weighted by atomic mass is 79.9. The highest BCUT2D eigenvalue weighted by molar-refractivity contribution is 9.10. The lowest BCUT2D eigenvalue weighted by Crippen LogP contribution is -2.01. The summed E-state index contributed by atoms with van der Waals surface area (Å²) in [6, 6.07) is 8.27. The fraction of sp³-hybridized carbons (Fsp3) is 0.267. The van der Waals surface area contributed by atoms with E-state index in [1.807, 2.05) is 24.5 Å². The second-order valence-electron chi connectivity index (χ2n) is 4.48. The molecule has 1 heterocycles. The first-order chi connectivity index (χ1) is 9.19. The van der Waals surface area contributed by atoms with Crippen LogP contribution in [-0.2, 0) is 0 Å². The molecular weight excluding hydrogens is 302 g/mol. The van der Waals surface area contributed by atoms with Crippen molar-refractivity contribution < 1.29 is 0 Å². The number of hydrogen-bond acceptors (Lipinski definition) is 3. The van der Waals surface area contributed by atoms with Crippen molar-refractivity contribution in [2.24, 2.45) is 0 Å². The number of aryl methyl sites for hydroxylation is 1. The number of rotatable bonds is 5. The lowest BCUT2D eigenvalue weighted by atomic mass is 10.2. The van der Waals surface area contributed by atoms with Crippen LogP contribution in [0.15, 0.2) is 41.1 Å². The summed E-state index contributed by atoms with van der Waals surface area (Å²) in [4.78, 5) is 4.24. The van der Waals surface area contributed by atoms with Crippen molar-refractivity contribution in [1.82, 2.24) is 4.98 Å². The standard InChI is InChI=1S/C15H18BrN3/c1-3-6-18-13-8-14(10-17-9-13)19-12-4-5-15(16)11(2)7-12/h4-5,7-10,18-19H,3,6H2,1-2H3. The molecule has 0 aliphatic rings. The fourth-order valence-corrected chi connectivity index (χ4v) is 2.01. The molecule has 2 N–H and O–H groups in total. The second-order valence-corrected chi connectivity index (χ2v) is 5.33. The Balaban J connectivity index is 2.11. The second kappa shape index (κ2) is 6.57. The smallest absolute Gasteiger partial charge is 0.0591 e. The Hall–Kier alpha value is -1.55. The molecule has 0 radical (unpaired) electrons. The van der Waals surface area contributed by atoms with Gasteiger partial charge in [-0.05, 0) is 43.2 Å². The van der Waals surface area contributed by atoms with Crippen LogP contribution >= 0.6 is 15.9 Å². The van der Waals surface area contributed by atoms with Crippen molar-refractivity contribution >= 4 is 33.0 Å². The van der Waals surface area contributed by atoms with Crippen molar-refractivity contribution in [3.63, 3.8) is 0 Å². The van der Waals surface area contributed by atoms with Crippen molar-refractivity contribution in [2.75, 3.05) is 17.2 Å². The van der Waals surface area contributed by atoms with Gasteiger partial charge in [0, 0.05) is 16.7 Å². The molecule has 0 fully saturated rings. The zero-order chi connectivity index (χ0) is 13.7. The Morgan fingerprint density at radius 2 is 1.89 bits per heavy atom. The summed E-state index contributed by atoms with van der Waals surface area (Å²) in [6.45, 7) is 5.18. The third kappa shape index (κ3) is 3.96. The van der Waals surface area contributed by atoms with E-state index in [0.717, 1.165) is 34.5 Å². The SMILES string of the molecule is CCCNc1cncc(Nc2ccc(Br)c(C)c2)c1.